The first-order valence-electron chi connectivity index (χ1n) is 5.37. The molecule has 0 spiro atoms. The summed E-state index contributed by atoms with van der Waals surface area (Å²) in [4.78, 5) is 14.3. The van der Waals surface area contributed by atoms with Crippen molar-refractivity contribution in [2.24, 2.45) is 0 Å². The minimum Gasteiger partial charge on any atom is -0.478 e. The van der Waals surface area contributed by atoms with Gasteiger partial charge in [-0.05, 0) is 24.3 Å². The van der Waals surface area contributed by atoms with Gasteiger partial charge in [-0.1, -0.05) is 23.7 Å². The van der Waals surface area contributed by atoms with Crippen molar-refractivity contribution in [2.45, 2.75) is 4.90 Å². The fourth-order valence-corrected chi connectivity index (χ4v) is 2.97. The molecule has 0 bridgehead atoms. The molecule has 20 heavy (non-hydrogen) atoms. The molecule has 0 saturated heterocycles. The van der Waals surface area contributed by atoms with Gasteiger partial charge >= 0.3 is 5.97 Å². The summed E-state index contributed by atoms with van der Waals surface area (Å²) in [5, 5.41) is 8.81. The summed E-state index contributed by atoms with van der Waals surface area (Å²) in [6.07, 6.45) is 1.06. The van der Waals surface area contributed by atoms with Gasteiger partial charge in [-0.3, -0.25) is 4.72 Å². The molecular formula is C12H9ClN2O4S. The van der Waals surface area contributed by atoms with Gasteiger partial charge in [-0.15, -0.1) is 0 Å². The van der Waals surface area contributed by atoms with Gasteiger partial charge in [0.1, 0.15) is 10.7 Å². The van der Waals surface area contributed by atoms with E-state index in [9.17, 15) is 13.2 Å². The maximum atomic E-state index is 12.1. The predicted octanol–water partition coefficient (Wildman–Crippen LogP) is 2.23. The normalized spacial score (nSPS) is 11.1. The Morgan fingerprint density at radius 2 is 1.90 bits per heavy atom. The van der Waals surface area contributed by atoms with Gasteiger partial charge < -0.3 is 5.11 Å². The number of nitrogens with zero attached hydrogens (tertiary/aromatic N) is 1. The number of nitrogens with one attached hydrogen (secondary N) is 1. The van der Waals surface area contributed by atoms with Crippen LogP contribution in [-0.2, 0) is 10.0 Å². The number of hydrogen-bond acceptors (Lipinski definition) is 4. The summed E-state index contributed by atoms with van der Waals surface area (Å²) in [5.41, 5.74) is -0.0364. The first-order chi connectivity index (χ1) is 9.40. The number of halogens is 1. The highest BCUT2D eigenvalue weighted by Crippen LogP contribution is 2.22. The lowest BCUT2D eigenvalue weighted by molar-refractivity contribution is 0.0696. The van der Waals surface area contributed by atoms with E-state index in [4.69, 9.17) is 16.7 Å². The zero-order valence-electron chi connectivity index (χ0n) is 9.95. The molecule has 2 aromatic rings. The lowest BCUT2D eigenvalue weighted by Gasteiger charge is -2.08. The van der Waals surface area contributed by atoms with E-state index in [2.05, 4.69) is 9.71 Å². The Hall–Kier alpha value is -2.12. The predicted molar refractivity (Wildman–Crippen MR) is 73.5 cm³/mol. The number of sulfonamides is 1. The maximum absolute atomic E-state index is 12.1. The van der Waals surface area contributed by atoms with E-state index >= 15 is 0 Å². The number of aromatic carboxylic acids is 1. The lowest BCUT2D eigenvalue weighted by atomic mass is 10.3. The van der Waals surface area contributed by atoms with Crippen LogP contribution in [-0.4, -0.2) is 24.5 Å². The molecule has 6 nitrogen and oxygen atoms in total. The number of anilines is 1. The Balaban J connectivity index is 2.29. The highest BCUT2D eigenvalue weighted by atomic mass is 35.5. The first kappa shape index (κ1) is 14.3. The van der Waals surface area contributed by atoms with Crippen molar-refractivity contribution in [1.29, 1.82) is 0 Å². The molecule has 1 heterocycles. The summed E-state index contributed by atoms with van der Waals surface area (Å²) in [6.45, 7) is 0. The Morgan fingerprint density at radius 1 is 1.20 bits per heavy atom. The Kier molecular flexibility index (Phi) is 3.91. The van der Waals surface area contributed by atoms with Crippen molar-refractivity contribution in [2.75, 3.05) is 4.72 Å². The van der Waals surface area contributed by atoms with Crippen LogP contribution in [0.5, 0.6) is 0 Å². The van der Waals surface area contributed by atoms with E-state index in [1.165, 1.54) is 24.3 Å². The van der Waals surface area contributed by atoms with Crippen molar-refractivity contribution in [3.8, 4) is 0 Å². The summed E-state index contributed by atoms with van der Waals surface area (Å²) in [7, 11) is -3.87. The van der Waals surface area contributed by atoms with E-state index in [0.29, 0.717) is 0 Å². The van der Waals surface area contributed by atoms with Crippen LogP contribution in [0.2, 0.25) is 5.02 Å². The first-order valence-corrected chi connectivity index (χ1v) is 7.23. The van der Waals surface area contributed by atoms with Crippen molar-refractivity contribution >= 4 is 33.4 Å². The summed E-state index contributed by atoms with van der Waals surface area (Å²) in [6, 6.07) is 8.48. The quantitative estimate of drug-likeness (QED) is 0.902. The Morgan fingerprint density at radius 3 is 2.45 bits per heavy atom. The molecule has 104 valence electrons. The molecule has 0 unspecified atom stereocenters. The average Bonchev–Trinajstić information content (AvgIpc) is 2.39. The van der Waals surface area contributed by atoms with Crippen LogP contribution in [0.4, 0.5) is 5.82 Å². The molecule has 0 radical (unpaired) electrons. The molecule has 0 amide bonds. The Labute approximate surface area is 120 Å². The number of carboxylic acid groups (broad SMARTS) is 1. The number of hydrogen-bond donors (Lipinski definition) is 2. The molecule has 1 aromatic heterocycles. The SMILES string of the molecule is O=C(O)c1ccc(NS(=O)(=O)c2ccccc2Cl)nc1. The molecule has 2 N–H and O–H groups in total. The number of benzene rings is 1. The van der Waals surface area contributed by atoms with E-state index < -0.39 is 16.0 Å². The van der Waals surface area contributed by atoms with Gasteiger partial charge in [0.25, 0.3) is 10.0 Å². The summed E-state index contributed by atoms with van der Waals surface area (Å²) < 4.78 is 26.4. The molecule has 0 atom stereocenters. The van der Waals surface area contributed by atoms with Gasteiger partial charge in [-0.2, -0.15) is 0 Å². The van der Waals surface area contributed by atoms with E-state index in [1.54, 1.807) is 12.1 Å². The molecule has 0 aliphatic rings. The molecular weight excluding hydrogens is 304 g/mol. The zero-order valence-corrected chi connectivity index (χ0v) is 11.5. The summed E-state index contributed by atoms with van der Waals surface area (Å²) in [5.74, 6) is -1.13. The molecule has 0 saturated carbocycles. The molecule has 0 aliphatic heterocycles. The van der Waals surface area contributed by atoms with Gasteiger partial charge in [0.15, 0.2) is 0 Å². The number of carboxylic acids is 1. The number of aromatic nitrogens is 1. The minimum absolute atomic E-state index is 0.00918. The fourth-order valence-electron chi connectivity index (χ4n) is 1.44. The van der Waals surface area contributed by atoms with Crippen LogP contribution in [0.15, 0.2) is 47.5 Å². The van der Waals surface area contributed by atoms with Crippen LogP contribution in [0, 0.1) is 0 Å². The topological polar surface area (TPSA) is 96.4 Å². The third-order valence-corrected chi connectivity index (χ3v) is 4.23. The Bertz CT molecular complexity index is 744. The van der Waals surface area contributed by atoms with Crippen LogP contribution >= 0.6 is 11.6 Å². The minimum atomic E-state index is -3.87. The largest absolute Gasteiger partial charge is 0.478 e. The van der Waals surface area contributed by atoms with Crippen LogP contribution in [0.1, 0.15) is 10.4 Å². The number of carbonyl (C=O) groups is 1. The molecule has 0 aliphatic carbocycles. The van der Waals surface area contributed by atoms with Gasteiger partial charge in [-0.25, -0.2) is 18.2 Å². The third kappa shape index (κ3) is 3.06. The highest BCUT2D eigenvalue weighted by Gasteiger charge is 2.18. The van der Waals surface area contributed by atoms with E-state index in [-0.39, 0.29) is 21.3 Å². The summed E-state index contributed by atoms with van der Waals surface area (Å²) >= 11 is 5.82. The van der Waals surface area contributed by atoms with Crippen molar-refractivity contribution in [1.82, 2.24) is 4.98 Å². The van der Waals surface area contributed by atoms with Crippen molar-refractivity contribution < 1.29 is 18.3 Å². The molecule has 0 fully saturated rings. The molecule has 8 heteroatoms. The van der Waals surface area contributed by atoms with Crippen LogP contribution in [0.25, 0.3) is 0 Å². The second kappa shape index (κ2) is 5.48. The smallest absolute Gasteiger partial charge is 0.337 e. The number of rotatable bonds is 4. The molecule has 2 rings (SSSR count). The second-order valence-electron chi connectivity index (χ2n) is 3.77. The van der Waals surface area contributed by atoms with Crippen LogP contribution in [0.3, 0.4) is 0 Å². The zero-order chi connectivity index (χ0) is 14.8. The third-order valence-electron chi connectivity index (χ3n) is 2.38. The monoisotopic (exact) mass is 312 g/mol. The standard InChI is InChI=1S/C12H9ClN2O4S/c13-9-3-1-2-4-10(9)20(18,19)15-11-6-5-8(7-14-11)12(16)17/h1-7H,(H,14,15)(H,16,17). The van der Waals surface area contributed by atoms with Crippen molar-refractivity contribution in [3.63, 3.8) is 0 Å². The average molecular weight is 313 g/mol. The molecule has 1 aromatic carbocycles. The van der Waals surface area contributed by atoms with Crippen LogP contribution < -0.4 is 4.72 Å². The van der Waals surface area contributed by atoms with Gasteiger partial charge in [0.2, 0.25) is 0 Å². The van der Waals surface area contributed by atoms with E-state index in [1.807, 2.05) is 0 Å². The fraction of sp³-hybridized carbons (Fsp3) is 0. The van der Waals surface area contributed by atoms with Gasteiger partial charge in [0.05, 0.1) is 10.6 Å². The number of pyridine rings is 1. The van der Waals surface area contributed by atoms with E-state index in [0.717, 1.165) is 6.20 Å². The lowest BCUT2D eigenvalue weighted by Crippen LogP contribution is -2.14. The van der Waals surface area contributed by atoms with Gasteiger partial charge in [0, 0.05) is 6.20 Å². The highest BCUT2D eigenvalue weighted by molar-refractivity contribution is 7.92. The maximum Gasteiger partial charge on any atom is 0.337 e. The second-order valence-corrected chi connectivity index (χ2v) is 5.83. The van der Waals surface area contributed by atoms with Crippen molar-refractivity contribution in [3.05, 3.63) is 53.2 Å².